The van der Waals surface area contributed by atoms with Gasteiger partial charge < -0.3 is 4.90 Å². The lowest BCUT2D eigenvalue weighted by Gasteiger charge is -2.37. The SMILES string of the molecule is c1ccc(-c2ccc(N(c3ccccc3)c3ccc4c(c3)C3(CC5CCC3C5)c3ccccc3-4)cc2)cc1. The molecule has 3 unspecified atom stereocenters. The van der Waals surface area contributed by atoms with Gasteiger partial charge in [0.1, 0.15) is 0 Å². The number of fused-ring (bicyclic) bond motifs is 8. The number of nitrogens with zero attached hydrogens (tertiary/aromatic N) is 1. The van der Waals surface area contributed by atoms with E-state index >= 15 is 0 Å². The third kappa shape index (κ3) is 3.18. The highest BCUT2D eigenvalue weighted by molar-refractivity contribution is 5.86. The predicted octanol–water partition coefficient (Wildman–Crippen LogP) is 9.91. The summed E-state index contributed by atoms with van der Waals surface area (Å²) in [4.78, 5) is 2.43. The van der Waals surface area contributed by atoms with Crippen LogP contribution in [0.3, 0.4) is 0 Å². The molecule has 0 saturated heterocycles. The van der Waals surface area contributed by atoms with Gasteiger partial charge in [-0.2, -0.15) is 0 Å². The zero-order valence-electron chi connectivity index (χ0n) is 21.6. The lowest BCUT2D eigenvalue weighted by molar-refractivity contribution is 0.327. The molecule has 0 N–H and O–H groups in total. The van der Waals surface area contributed by atoms with Gasteiger partial charge in [0.25, 0.3) is 0 Å². The number of hydrogen-bond donors (Lipinski definition) is 0. The van der Waals surface area contributed by atoms with Crippen molar-refractivity contribution < 1.29 is 0 Å². The van der Waals surface area contributed by atoms with Crippen LogP contribution in [0.2, 0.25) is 0 Å². The minimum Gasteiger partial charge on any atom is -0.310 e. The van der Waals surface area contributed by atoms with E-state index in [1.54, 1.807) is 11.1 Å². The monoisotopic (exact) mass is 489 g/mol. The molecule has 0 aromatic heterocycles. The molecule has 5 aromatic carbocycles. The Morgan fingerprint density at radius 2 is 1.16 bits per heavy atom. The molecule has 0 heterocycles. The molecule has 5 aromatic rings. The molecule has 1 nitrogen and oxygen atoms in total. The van der Waals surface area contributed by atoms with Crippen LogP contribution in [0.5, 0.6) is 0 Å². The topological polar surface area (TPSA) is 3.24 Å². The normalized spacial score (nSPS) is 22.4. The van der Waals surface area contributed by atoms with Gasteiger partial charge in [0.15, 0.2) is 0 Å². The van der Waals surface area contributed by atoms with Crippen LogP contribution in [0, 0.1) is 11.8 Å². The number of anilines is 3. The fourth-order valence-corrected chi connectivity index (χ4v) is 7.97. The Morgan fingerprint density at radius 3 is 1.89 bits per heavy atom. The molecule has 2 fully saturated rings. The van der Waals surface area contributed by atoms with Crippen molar-refractivity contribution in [2.75, 3.05) is 4.90 Å². The van der Waals surface area contributed by atoms with E-state index in [2.05, 4.69) is 132 Å². The van der Waals surface area contributed by atoms with Gasteiger partial charge in [-0.1, -0.05) is 97.4 Å². The predicted molar refractivity (Wildman–Crippen MR) is 158 cm³/mol. The first-order valence-corrected chi connectivity index (χ1v) is 14.1. The summed E-state index contributed by atoms with van der Waals surface area (Å²) in [6, 6.07) is 47.0. The van der Waals surface area contributed by atoms with E-state index in [0.717, 1.165) is 11.8 Å². The van der Waals surface area contributed by atoms with Crippen LogP contribution in [0.25, 0.3) is 22.3 Å². The van der Waals surface area contributed by atoms with Crippen LogP contribution >= 0.6 is 0 Å². The van der Waals surface area contributed by atoms with Crippen molar-refractivity contribution in [3.05, 3.63) is 139 Å². The van der Waals surface area contributed by atoms with E-state index in [4.69, 9.17) is 0 Å². The number of para-hydroxylation sites is 1. The van der Waals surface area contributed by atoms with Gasteiger partial charge >= 0.3 is 0 Å². The maximum absolute atomic E-state index is 2.54. The quantitative estimate of drug-likeness (QED) is 0.243. The molecule has 1 heteroatoms. The standard InChI is InChI=1S/C37H31N/c1-3-9-27(10-4-1)28-16-19-31(20-17-28)38(30-11-5-2-6-12-30)32-21-22-34-33-13-7-8-14-35(33)37(36(34)24-32)25-26-15-18-29(37)23-26/h1-14,16-17,19-22,24,26,29H,15,18,23,25H2. The van der Waals surface area contributed by atoms with Gasteiger partial charge in [0, 0.05) is 22.5 Å². The first-order chi connectivity index (χ1) is 18.8. The molecule has 1 spiro atoms. The molecule has 2 bridgehead atoms. The highest BCUT2D eigenvalue weighted by atomic mass is 15.1. The van der Waals surface area contributed by atoms with E-state index in [9.17, 15) is 0 Å². The Labute approximate surface area is 225 Å². The molecule has 38 heavy (non-hydrogen) atoms. The maximum Gasteiger partial charge on any atom is 0.0465 e. The smallest absolute Gasteiger partial charge is 0.0465 e. The second-order valence-corrected chi connectivity index (χ2v) is 11.4. The number of benzene rings is 5. The molecule has 0 amide bonds. The van der Waals surface area contributed by atoms with Crippen LogP contribution < -0.4 is 4.90 Å². The molecule has 8 rings (SSSR count). The fourth-order valence-electron chi connectivity index (χ4n) is 7.97. The summed E-state index contributed by atoms with van der Waals surface area (Å²) in [5.41, 5.74) is 12.4. The van der Waals surface area contributed by atoms with Crippen molar-refractivity contribution in [3.8, 4) is 22.3 Å². The molecule has 3 aliphatic rings. The molecular formula is C37H31N. The highest BCUT2D eigenvalue weighted by Crippen LogP contribution is 2.66. The molecule has 3 atom stereocenters. The largest absolute Gasteiger partial charge is 0.310 e. The first-order valence-electron chi connectivity index (χ1n) is 14.1. The Morgan fingerprint density at radius 1 is 0.526 bits per heavy atom. The first kappa shape index (κ1) is 21.9. The molecular weight excluding hydrogens is 458 g/mol. The number of rotatable bonds is 4. The van der Waals surface area contributed by atoms with Crippen molar-refractivity contribution >= 4 is 17.1 Å². The summed E-state index contributed by atoms with van der Waals surface area (Å²) >= 11 is 0. The molecule has 0 radical (unpaired) electrons. The Bertz CT molecular complexity index is 1620. The summed E-state index contributed by atoms with van der Waals surface area (Å²) in [7, 11) is 0. The minimum atomic E-state index is 0.185. The van der Waals surface area contributed by atoms with E-state index in [1.807, 2.05) is 0 Å². The average molecular weight is 490 g/mol. The lowest BCUT2D eigenvalue weighted by atomic mass is 9.67. The van der Waals surface area contributed by atoms with E-state index in [-0.39, 0.29) is 5.41 Å². The Kier molecular flexibility index (Phi) is 4.88. The third-order valence-electron chi connectivity index (χ3n) is 9.54. The summed E-state index contributed by atoms with van der Waals surface area (Å²) in [5.74, 6) is 1.64. The molecule has 3 aliphatic carbocycles. The van der Waals surface area contributed by atoms with Crippen LogP contribution in [0.4, 0.5) is 17.1 Å². The van der Waals surface area contributed by atoms with Crippen LogP contribution in [-0.4, -0.2) is 0 Å². The van der Waals surface area contributed by atoms with Crippen LogP contribution in [-0.2, 0) is 5.41 Å². The summed E-state index contributed by atoms with van der Waals surface area (Å²) < 4.78 is 0. The highest BCUT2D eigenvalue weighted by Gasteiger charge is 2.56. The summed E-state index contributed by atoms with van der Waals surface area (Å²) in [5, 5.41) is 0. The van der Waals surface area contributed by atoms with Crippen molar-refractivity contribution in [1.29, 1.82) is 0 Å². The maximum atomic E-state index is 2.54. The second kappa shape index (κ2) is 8.46. The van der Waals surface area contributed by atoms with Gasteiger partial charge in [0.05, 0.1) is 0 Å². The van der Waals surface area contributed by atoms with E-state index in [1.165, 1.54) is 65.0 Å². The van der Waals surface area contributed by atoms with Crippen molar-refractivity contribution in [2.24, 2.45) is 11.8 Å². The van der Waals surface area contributed by atoms with Gasteiger partial charge in [-0.3, -0.25) is 0 Å². The average Bonchev–Trinajstić information content (AvgIpc) is 3.68. The number of hydrogen-bond acceptors (Lipinski definition) is 1. The van der Waals surface area contributed by atoms with Gasteiger partial charge in [-0.25, -0.2) is 0 Å². The van der Waals surface area contributed by atoms with Gasteiger partial charge in [-0.15, -0.1) is 0 Å². The van der Waals surface area contributed by atoms with Crippen molar-refractivity contribution in [1.82, 2.24) is 0 Å². The van der Waals surface area contributed by atoms with Crippen molar-refractivity contribution in [3.63, 3.8) is 0 Å². The zero-order chi connectivity index (χ0) is 25.1. The van der Waals surface area contributed by atoms with Gasteiger partial charge in [0.2, 0.25) is 0 Å². The summed E-state index contributed by atoms with van der Waals surface area (Å²) in [6.45, 7) is 0. The lowest BCUT2D eigenvalue weighted by Crippen LogP contribution is -2.31. The van der Waals surface area contributed by atoms with Crippen molar-refractivity contribution in [2.45, 2.75) is 31.1 Å². The Hall–Kier alpha value is -4.10. The van der Waals surface area contributed by atoms with Crippen LogP contribution in [0.15, 0.2) is 127 Å². The molecule has 184 valence electrons. The van der Waals surface area contributed by atoms with E-state index < -0.39 is 0 Å². The zero-order valence-corrected chi connectivity index (χ0v) is 21.6. The van der Waals surface area contributed by atoms with Crippen LogP contribution in [0.1, 0.15) is 36.8 Å². The minimum absolute atomic E-state index is 0.185. The molecule has 2 saturated carbocycles. The fraction of sp³-hybridized carbons (Fsp3) is 0.189. The second-order valence-electron chi connectivity index (χ2n) is 11.4. The Balaban J connectivity index is 1.28. The third-order valence-corrected chi connectivity index (χ3v) is 9.54. The van der Waals surface area contributed by atoms with E-state index in [0.29, 0.717) is 0 Å². The summed E-state index contributed by atoms with van der Waals surface area (Å²) in [6.07, 6.45) is 5.48. The molecule has 0 aliphatic heterocycles. The van der Waals surface area contributed by atoms with Gasteiger partial charge in [-0.05, 0) is 101 Å².